The average Bonchev–Trinajstić information content (AvgIpc) is 3.39. The first-order valence-corrected chi connectivity index (χ1v) is 9.33. The van der Waals surface area contributed by atoms with Crippen LogP contribution in [0.25, 0.3) is 11.4 Å². The minimum Gasteiger partial charge on any atom is -0.493 e. The third kappa shape index (κ3) is 4.05. The van der Waals surface area contributed by atoms with Crippen molar-refractivity contribution in [2.45, 2.75) is 18.5 Å². The second-order valence-electron chi connectivity index (χ2n) is 6.98. The quantitative estimate of drug-likeness (QED) is 0.597. The molecule has 31 heavy (non-hydrogen) atoms. The van der Waals surface area contributed by atoms with E-state index in [1.165, 1.54) is 26.4 Å². The van der Waals surface area contributed by atoms with Crippen molar-refractivity contribution >= 4 is 11.6 Å². The fourth-order valence-electron chi connectivity index (χ4n) is 3.44. The molecular weight excluding hydrogens is 415 g/mol. The van der Waals surface area contributed by atoms with Crippen LogP contribution in [-0.2, 0) is 11.0 Å². The Labute approximate surface area is 175 Å². The molecule has 162 valence electrons. The highest BCUT2D eigenvalue weighted by molar-refractivity contribution is 5.96. The molecule has 1 aromatic heterocycles. The molecule has 10 heteroatoms. The van der Waals surface area contributed by atoms with Crippen molar-refractivity contribution in [3.8, 4) is 22.9 Å². The predicted molar refractivity (Wildman–Crippen MR) is 104 cm³/mol. The molecule has 1 aliphatic rings. The van der Waals surface area contributed by atoms with Crippen molar-refractivity contribution in [3.05, 3.63) is 53.9 Å². The normalized spacial score (nSPS) is 16.6. The van der Waals surface area contributed by atoms with Gasteiger partial charge in [0.05, 0.1) is 25.7 Å². The lowest BCUT2D eigenvalue weighted by atomic mass is 10.1. The third-order valence-electron chi connectivity index (χ3n) is 5.07. The number of anilines is 1. The number of hydrogen-bond acceptors (Lipinski definition) is 6. The second kappa shape index (κ2) is 7.93. The Balaban J connectivity index is 1.52. The highest BCUT2D eigenvalue weighted by atomic mass is 19.4. The minimum atomic E-state index is -4.42. The molecule has 0 radical (unpaired) electrons. The summed E-state index contributed by atoms with van der Waals surface area (Å²) < 4.78 is 54.0. The summed E-state index contributed by atoms with van der Waals surface area (Å²) in [5.74, 6) is 1.01. The van der Waals surface area contributed by atoms with Gasteiger partial charge in [-0.05, 0) is 24.3 Å². The van der Waals surface area contributed by atoms with Gasteiger partial charge in [0.2, 0.25) is 17.6 Å². The van der Waals surface area contributed by atoms with Crippen LogP contribution < -0.4 is 14.4 Å². The van der Waals surface area contributed by atoms with E-state index in [0.29, 0.717) is 29.3 Å². The minimum absolute atomic E-state index is 0.119. The van der Waals surface area contributed by atoms with Gasteiger partial charge >= 0.3 is 6.18 Å². The number of amides is 1. The summed E-state index contributed by atoms with van der Waals surface area (Å²) in [7, 11) is 3.04. The van der Waals surface area contributed by atoms with Crippen LogP contribution in [0.3, 0.4) is 0 Å². The van der Waals surface area contributed by atoms with Crippen LogP contribution in [0.2, 0.25) is 0 Å². The van der Waals surface area contributed by atoms with Crippen LogP contribution >= 0.6 is 0 Å². The first kappa shape index (κ1) is 20.7. The SMILES string of the molecule is COc1ccc(N2CC(c3nc(-c4ccc(C(F)(F)F)cc4)no3)CC2=O)cc1OC. The molecule has 1 fully saturated rings. The maximum Gasteiger partial charge on any atom is 0.416 e. The number of carbonyl (C=O) groups excluding carboxylic acids is 1. The van der Waals surface area contributed by atoms with E-state index in [1.807, 2.05) is 0 Å². The van der Waals surface area contributed by atoms with E-state index >= 15 is 0 Å². The number of ether oxygens (including phenoxy) is 2. The first-order chi connectivity index (χ1) is 14.8. The molecule has 1 atom stereocenters. The fraction of sp³-hybridized carbons (Fsp3) is 0.286. The molecule has 3 aromatic rings. The number of nitrogens with zero attached hydrogens (tertiary/aromatic N) is 3. The van der Waals surface area contributed by atoms with Gasteiger partial charge in [-0.25, -0.2) is 0 Å². The molecule has 0 bridgehead atoms. The van der Waals surface area contributed by atoms with Crippen LogP contribution in [0.5, 0.6) is 11.5 Å². The highest BCUT2D eigenvalue weighted by Gasteiger charge is 2.36. The molecule has 0 spiro atoms. The Hall–Kier alpha value is -3.56. The topological polar surface area (TPSA) is 77.7 Å². The average molecular weight is 433 g/mol. The second-order valence-corrected chi connectivity index (χ2v) is 6.98. The van der Waals surface area contributed by atoms with E-state index < -0.39 is 11.7 Å². The van der Waals surface area contributed by atoms with E-state index in [4.69, 9.17) is 14.0 Å². The van der Waals surface area contributed by atoms with E-state index in [0.717, 1.165) is 12.1 Å². The van der Waals surface area contributed by atoms with E-state index in [2.05, 4.69) is 10.1 Å². The summed E-state index contributed by atoms with van der Waals surface area (Å²) >= 11 is 0. The lowest BCUT2D eigenvalue weighted by Crippen LogP contribution is -2.24. The number of methoxy groups -OCH3 is 2. The standard InChI is InChI=1S/C21H18F3N3O4/c1-29-16-8-7-15(10-17(16)30-2)27-11-13(9-18(27)28)20-25-19(26-31-20)12-3-5-14(6-4-12)21(22,23)24/h3-8,10,13H,9,11H2,1-2H3. The number of halogens is 3. The molecule has 2 aromatic carbocycles. The molecular formula is C21H18F3N3O4. The fourth-order valence-corrected chi connectivity index (χ4v) is 3.44. The van der Waals surface area contributed by atoms with E-state index in [9.17, 15) is 18.0 Å². The van der Waals surface area contributed by atoms with Crippen LogP contribution in [0.15, 0.2) is 47.0 Å². The van der Waals surface area contributed by atoms with Crippen molar-refractivity contribution in [2.75, 3.05) is 25.7 Å². The number of aromatic nitrogens is 2. The Kier molecular flexibility index (Phi) is 5.30. The summed E-state index contributed by atoms with van der Waals surface area (Å²) in [6.45, 7) is 0.322. The monoisotopic (exact) mass is 433 g/mol. The molecule has 1 saturated heterocycles. The van der Waals surface area contributed by atoms with Gasteiger partial charge in [-0.15, -0.1) is 0 Å². The van der Waals surface area contributed by atoms with E-state index in [1.54, 1.807) is 23.1 Å². The molecule has 4 rings (SSSR count). The Morgan fingerprint density at radius 3 is 2.42 bits per heavy atom. The van der Waals surface area contributed by atoms with Crippen LogP contribution in [0, 0.1) is 0 Å². The van der Waals surface area contributed by atoms with Gasteiger partial charge in [0.15, 0.2) is 11.5 Å². The largest absolute Gasteiger partial charge is 0.493 e. The van der Waals surface area contributed by atoms with Gasteiger partial charge in [0.25, 0.3) is 0 Å². The van der Waals surface area contributed by atoms with Gasteiger partial charge in [-0.1, -0.05) is 17.3 Å². The van der Waals surface area contributed by atoms with Crippen molar-refractivity contribution < 1.29 is 32.0 Å². The number of benzene rings is 2. The van der Waals surface area contributed by atoms with Gasteiger partial charge in [-0.2, -0.15) is 18.2 Å². The van der Waals surface area contributed by atoms with Crippen LogP contribution in [-0.4, -0.2) is 36.8 Å². The highest BCUT2D eigenvalue weighted by Crippen LogP contribution is 2.37. The van der Waals surface area contributed by atoms with Crippen molar-refractivity contribution in [1.29, 1.82) is 0 Å². The summed E-state index contributed by atoms with van der Waals surface area (Å²) in [5, 5.41) is 3.86. The molecule has 0 saturated carbocycles. The first-order valence-electron chi connectivity index (χ1n) is 9.33. The smallest absolute Gasteiger partial charge is 0.416 e. The Bertz CT molecular complexity index is 1100. The zero-order chi connectivity index (χ0) is 22.2. The lowest BCUT2D eigenvalue weighted by Gasteiger charge is -2.18. The van der Waals surface area contributed by atoms with Crippen molar-refractivity contribution in [3.63, 3.8) is 0 Å². The van der Waals surface area contributed by atoms with Crippen molar-refractivity contribution in [1.82, 2.24) is 10.1 Å². The summed E-state index contributed by atoms with van der Waals surface area (Å²) in [4.78, 5) is 18.5. The lowest BCUT2D eigenvalue weighted by molar-refractivity contribution is -0.137. The number of carbonyl (C=O) groups is 1. The molecule has 0 N–H and O–H groups in total. The maximum absolute atomic E-state index is 12.7. The predicted octanol–water partition coefficient (Wildman–Crippen LogP) is 4.29. The Morgan fingerprint density at radius 2 is 1.77 bits per heavy atom. The van der Waals surface area contributed by atoms with E-state index in [-0.39, 0.29) is 30.0 Å². The van der Waals surface area contributed by atoms with Gasteiger partial charge < -0.3 is 18.9 Å². The zero-order valence-corrected chi connectivity index (χ0v) is 16.6. The summed E-state index contributed by atoms with van der Waals surface area (Å²) in [6, 6.07) is 9.67. The zero-order valence-electron chi connectivity index (χ0n) is 16.6. The number of hydrogen-bond donors (Lipinski definition) is 0. The molecule has 1 aliphatic heterocycles. The molecule has 2 heterocycles. The number of alkyl halides is 3. The molecule has 1 unspecified atom stereocenters. The maximum atomic E-state index is 12.7. The summed E-state index contributed by atoms with van der Waals surface area (Å²) in [6.07, 6.45) is -4.25. The molecule has 7 nitrogen and oxygen atoms in total. The number of rotatable bonds is 5. The summed E-state index contributed by atoms with van der Waals surface area (Å²) in [5.41, 5.74) is 0.281. The molecule has 0 aliphatic carbocycles. The van der Waals surface area contributed by atoms with Gasteiger partial charge in [-0.3, -0.25) is 4.79 Å². The Morgan fingerprint density at radius 1 is 1.06 bits per heavy atom. The van der Waals surface area contributed by atoms with Crippen LogP contribution in [0.1, 0.15) is 23.8 Å². The van der Waals surface area contributed by atoms with Gasteiger partial charge in [0.1, 0.15) is 0 Å². The molecule has 1 amide bonds. The van der Waals surface area contributed by atoms with Crippen LogP contribution in [0.4, 0.5) is 18.9 Å². The third-order valence-corrected chi connectivity index (χ3v) is 5.07. The van der Waals surface area contributed by atoms with Gasteiger partial charge in [0, 0.05) is 30.3 Å². The van der Waals surface area contributed by atoms with Crippen molar-refractivity contribution in [2.24, 2.45) is 0 Å².